The highest BCUT2D eigenvalue weighted by atomic mass is 35.5. The van der Waals surface area contributed by atoms with Crippen LogP contribution in [0.25, 0.3) is 5.76 Å². The molecule has 0 aliphatic carbocycles. The molecular formula is C24H17ClF3NO6. The molecule has 2 aromatic carbocycles. The zero-order valence-electron chi connectivity index (χ0n) is 18.2. The fourth-order valence-corrected chi connectivity index (χ4v) is 4.06. The van der Waals surface area contributed by atoms with Gasteiger partial charge in [-0.2, -0.15) is 13.2 Å². The van der Waals surface area contributed by atoms with E-state index in [4.69, 9.17) is 25.5 Å². The van der Waals surface area contributed by atoms with Crippen molar-refractivity contribution in [3.63, 3.8) is 0 Å². The number of ketones is 1. The van der Waals surface area contributed by atoms with Crippen molar-refractivity contribution in [3.8, 4) is 11.5 Å². The number of hydrogen-bond donors (Lipinski definition) is 1. The predicted octanol–water partition coefficient (Wildman–Crippen LogP) is 5.60. The van der Waals surface area contributed by atoms with E-state index in [1.807, 2.05) is 0 Å². The van der Waals surface area contributed by atoms with Crippen molar-refractivity contribution >= 4 is 34.7 Å². The summed E-state index contributed by atoms with van der Waals surface area (Å²) < 4.78 is 54.9. The molecule has 7 nitrogen and oxygen atoms in total. The van der Waals surface area contributed by atoms with Crippen molar-refractivity contribution in [2.75, 3.05) is 19.1 Å². The van der Waals surface area contributed by atoms with E-state index < -0.39 is 35.2 Å². The molecule has 1 aliphatic heterocycles. The zero-order valence-corrected chi connectivity index (χ0v) is 19.0. The van der Waals surface area contributed by atoms with Crippen LogP contribution in [0.1, 0.15) is 22.9 Å². The molecule has 3 aromatic rings. The number of carbonyl (C=O) groups is 2. The Morgan fingerprint density at radius 3 is 2.26 bits per heavy atom. The van der Waals surface area contributed by atoms with Crippen LogP contribution in [0.3, 0.4) is 0 Å². The topological polar surface area (TPSA) is 89.2 Å². The van der Waals surface area contributed by atoms with E-state index in [1.165, 1.54) is 44.7 Å². The summed E-state index contributed by atoms with van der Waals surface area (Å²) in [4.78, 5) is 27.1. The largest absolute Gasteiger partial charge is 0.507 e. The Labute approximate surface area is 201 Å². The highest BCUT2D eigenvalue weighted by Gasteiger charge is 2.48. The second kappa shape index (κ2) is 9.03. The van der Waals surface area contributed by atoms with Gasteiger partial charge >= 0.3 is 6.18 Å². The van der Waals surface area contributed by atoms with Crippen molar-refractivity contribution in [3.05, 3.63) is 82.3 Å². The van der Waals surface area contributed by atoms with Gasteiger partial charge in [-0.15, -0.1) is 0 Å². The summed E-state index contributed by atoms with van der Waals surface area (Å²) in [5.74, 6) is -2.30. The molecule has 1 amide bonds. The summed E-state index contributed by atoms with van der Waals surface area (Å²) in [6, 6.07) is 8.12. The molecule has 35 heavy (non-hydrogen) atoms. The van der Waals surface area contributed by atoms with Gasteiger partial charge in [0.05, 0.1) is 42.2 Å². The molecule has 1 aliphatic rings. The van der Waals surface area contributed by atoms with Crippen LogP contribution >= 0.6 is 11.6 Å². The maximum absolute atomic E-state index is 13.1. The predicted molar refractivity (Wildman–Crippen MR) is 119 cm³/mol. The number of amides is 1. The summed E-state index contributed by atoms with van der Waals surface area (Å²) in [5.41, 5.74) is -1.28. The van der Waals surface area contributed by atoms with Crippen LogP contribution < -0.4 is 14.4 Å². The third-order valence-electron chi connectivity index (χ3n) is 5.46. The van der Waals surface area contributed by atoms with E-state index in [1.54, 1.807) is 0 Å². The number of aliphatic hydroxyl groups excluding tert-OH is 1. The maximum Gasteiger partial charge on any atom is 0.416 e. The lowest BCUT2D eigenvalue weighted by Crippen LogP contribution is -2.29. The lowest BCUT2D eigenvalue weighted by atomic mass is 9.98. The van der Waals surface area contributed by atoms with E-state index in [9.17, 15) is 27.9 Å². The van der Waals surface area contributed by atoms with Crippen LogP contribution in [-0.2, 0) is 15.8 Å². The number of alkyl halides is 3. The molecule has 1 saturated heterocycles. The molecular weight excluding hydrogens is 491 g/mol. The Balaban J connectivity index is 1.91. The van der Waals surface area contributed by atoms with Crippen molar-refractivity contribution in [1.29, 1.82) is 0 Å². The smallest absolute Gasteiger partial charge is 0.416 e. The lowest BCUT2D eigenvalue weighted by molar-refractivity contribution is -0.137. The van der Waals surface area contributed by atoms with Gasteiger partial charge in [0.15, 0.2) is 0 Å². The minimum atomic E-state index is -4.59. The van der Waals surface area contributed by atoms with Gasteiger partial charge in [-0.25, -0.2) is 0 Å². The number of aliphatic hydroxyl groups is 1. The molecule has 1 aromatic heterocycles. The molecule has 1 N–H and O–H groups in total. The van der Waals surface area contributed by atoms with Crippen LogP contribution in [0.15, 0.2) is 64.8 Å². The second-order valence-corrected chi connectivity index (χ2v) is 7.82. The Morgan fingerprint density at radius 2 is 1.71 bits per heavy atom. The average molecular weight is 508 g/mol. The average Bonchev–Trinajstić information content (AvgIpc) is 3.45. The van der Waals surface area contributed by atoms with Crippen LogP contribution in [0.2, 0.25) is 5.02 Å². The molecule has 0 bridgehead atoms. The number of methoxy groups -OCH3 is 2. The first-order chi connectivity index (χ1) is 16.6. The quantitative estimate of drug-likeness (QED) is 0.275. The highest BCUT2D eigenvalue weighted by Crippen LogP contribution is 2.45. The van der Waals surface area contributed by atoms with Crippen molar-refractivity contribution in [2.24, 2.45) is 0 Å². The van der Waals surface area contributed by atoms with Crippen LogP contribution in [0.5, 0.6) is 11.5 Å². The Bertz CT molecular complexity index is 1320. The molecule has 1 unspecified atom stereocenters. The Hall–Kier alpha value is -3.92. The number of rotatable bonds is 5. The minimum absolute atomic E-state index is 0.000255. The zero-order chi connectivity index (χ0) is 25.5. The molecule has 0 spiro atoms. The number of anilines is 1. The lowest BCUT2D eigenvalue weighted by Gasteiger charge is -2.24. The SMILES string of the molecule is COc1cc(OC)c(/C(O)=C2/C(=O)C(=O)N(c3ccc(C(F)(F)F)cc3)C2c2ccco2)cc1Cl. The summed E-state index contributed by atoms with van der Waals surface area (Å²) >= 11 is 6.20. The Kier molecular flexibility index (Phi) is 6.25. The number of Topliss-reactive ketones (excluding diaryl/α,β-unsaturated/α-hetero) is 1. The van der Waals surface area contributed by atoms with Gasteiger partial charge in [-0.1, -0.05) is 11.6 Å². The number of halogens is 4. The molecule has 4 rings (SSSR count). The standard InChI is InChI=1S/C24H17ClF3NO6/c1-33-17-11-18(34-2)15(25)10-14(17)21(30)19-20(16-4-3-9-35-16)29(23(32)22(19)31)13-7-5-12(6-8-13)24(26,27)28/h3-11,20,30H,1-2H3/b21-19-. The molecule has 1 fully saturated rings. The fourth-order valence-electron chi connectivity index (χ4n) is 3.82. The molecule has 11 heteroatoms. The van der Waals surface area contributed by atoms with E-state index in [2.05, 4.69) is 0 Å². The molecule has 182 valence electrons. The summed E-state index contributed by atoms with van der Waals surface area (Å²) in [6.07, 6.45) is -3.29. The number of ether oxygens (including phenoxy) is 2. The van der Waals surface area contributed by atoms with Crippen LogP contribution in [0.4, 0.5) is 18.9 Å². The highest BCUT2D eigenvalue weighted by molar-refractivity contribution is 6.51. The van der Waals surface area contributed by atoms with Gasteiger partial charge in [0, 0.05) is 11.8 Å². The van der Waals surface area contributed by atoms with E-state index >= 15 is 0 Å². The van der Waals surface area contributed by atoms with Gasteiger partial charge in [0.2, 0.25) is 0 Å². The monoisotopic (exact) mass is 507 g/mol. The molecule has 2 heterocycles. The van der Waals surface area contributed by atoms with Gasteiger partial charge in [0.25, 0.3) is 11.7 Å². The van der Waals surface area contributed by atoms with Gasteiger partial charge in [0.1, 0.15) is 29.1 Å². The van der Waals surface area contributed by atoms with Crippen molar-refractivity contribution in [2.45, 2.75) is 12.2 Å². The van der Waals surface area contributed by atoms with E-state index in [0.29, 0.717) is 0 Å². The number of hydrogen-bond acceptors (Lipinski definition) is 6. The van der Waals surface area contributed by atoms with Crippen molar-refractivity contribution in [1.82, 2.24) is 0 Å². The van der Waals surface area contributed by atoms with Gasteiger partial charge in [-0.05, 0) is 42.5 Å². The third-order valence-corrected chi connectivity index (χ3v) is 5.75. The normalized spacial score (nSPS) is 17.7. The number of carbonyl (C=O) groups excluding carboxylic acids is 2. The van der Waals surface area contributed by atoms with E-state index in [0.717, 1.165) is 29.2 Å². The number of benzene rings is 2. The fraction of sp³-hybridized carbons (Fsp3) is 0.167. The molecule has 1 atom stereocenters. The Morgan fingerprint density at radius 1 is 1.06 bits per heavy atom. The first-order valence-electron chi connectivity index (χ1n) is 10.0. The summed E-state index contributed by atoms with van der Waals surface area (Å²) in [5, 5.41) is 11.3. The van der Waals surface area contributed by atoms with Gasteiger partial charge in [-0.3, -0.25) is 14.5 Å². The summed E-state index contributed by atoms with van der Waals surface area (Å²) in [6.45, 7) is 0. The number of furan rings is 1. The molecule has 0 radical (unpaired) electrons. The van der Waals surface area contributed by atoms with Gasteiger partial charge < -0.3 is 19.0 Å². The van der Waals surface area contributed by atoms with Crippen LogP contribution in [0, 0.1) is 0 Å². The third kappa shape index (κ3) is 4.21. The first-order valence-corrected chi connectivity index (χ1v) is 10.4. The molecule has 0 saturated carbocycles. The number of nitrogens with zero attached hydrogens (tertiary/aromatic N) is 1. The second-order valence-electron chi connectivity index (χ2n) is 7.42. The first kappa shape index (κ1) is 24.2. The maximum atomic E-state index is 13.1. The van der Waals surface area contributed by atoms with E-state index in [-0.39, 0.29) is 39.1 Å². The summed E-state index contributed by atoms with van der Waals surface area (Å²) in [7, 11) is 2.71. The van der Waals surface area contributed by atoms with Crippen molar-refractivity contribution < 1.29 is 41.8 Å². The van der Waals surface area contributed by atoms with Crippen LogP contribution in [-0.4, -0.2) is 31.0 Å². The minimum Gasteiger partial charge on any atom is -0.507 e.